The van der Waals surface area contributed by atoms with Crippen LogP contribution >= 0.6 is 11.8 Å². The van der Waals surface area contributed by atoms with Gasteiger partial charge in [0.25, 0.3) is 0 Å². The number of rotatable bonds is 4. The molecule has 0 amide bonds. The number of alkyl halides is 3. The van der Waals surface area contributed by atoms with Crippen molar-refractivity contribution in [1.29, 1.82) is 0 Å². The van der Waals surface area contributed by atoms with Crippen molar-refractivity contribution >= 4 is 11.8 Å². The largest absolute Gasteiger partial charge is 0.416 e. The Morgan fingerprint density at radius 1 is 1.21 bits per heavy atom. The predicted octanol–water partition coefficient (Wildman–Crippen LogP) is 4.30. The van der Waals surface area contributed by atoms with Gasteiger partial charge in [-0.05, 0) is 42.5 Å². The zero-order valence-electron chi connectivity index (χ0n) is 13.3. The molecule has 1 aromatic rings. The van der Waals surface area contributed by atoms with E-state index >= 15 is 0 Å². The summed E-state index contributed by atoms with van der Waals surface area (Å²) in [6, 6.07) is 5.18. The van der Waals surface area contributed by atoms with E-state index in [4.69, 9.17) is 9.47 Å². The fraction of sp³-hybridized carbons (Fsp3) is 0.444. The number of allylic oxidation sites excluding steroid dienone is 1. The molecular formula is C18H19F3O2S. The third-order valence-electron chi connectivity index (χ3n) is 3.48. The van der Waals surface area contributed by atoms with Crippen LogP contribution in [-0.4, -0.2) is 31.0 Å². The number of hydrogen-bond acceptors (Lipinski definition) is 3. The Balaban J connectivity index is 1.71. The van der Waals surface area contributed by atoms with Crippen LogP contribution in [0, 0.1) is 11.8 Å². The summed E-state index contributed by atoms with van der Waals surface area (Å²) in [6.07, 6.45) is 2.04. The molecule has 0 spiro atoms. The predicted molar refractivity (Wildman–Crippen MR) is 89.7 cm³/mol. The third kappa shape index (κ3) is 6.23. The van der Waals surface area contributed by atoms with Crippen LogP contribution in [-0.2, 0) is 22.1 Å². The second-order valence-corrected chi connectivity index (χ2v) is 6.41. The average molecular weight is 356 g/mol. The minimum Gasteiger partial charge on any atom is -0.348 e. The van der Waals surface area contributed by atoms with Gasteiger partial charge in [-0.3, -0.25) is 0 Å². The minimum atomic E-state index is -4.29. The number of aryl methyl sites for hydroxylation is 1. The van der Waals surface area contributed by atoms with Crippen molar-refractivity contribution in [3.8, 4) is 11.8 Å². The Morgan fingerprint density at radius 3 is 2.46 bits per heavy atom. The van der Waals surface area contributed by atoms with E-state index in [2.05, 4.69) is 11.8 Å². The van der Waals surface area contributed by atoms with Crippen molar-refractivity contribution in [3.63, 3.8) is 0 Å². The first-order valence-corrected chi connectivity index (χ1v) is 8.85. The van der Waals surface area contributed by atoms with Gasteiger partial charge >= 0.3 is 6.18 Å². The summed E-state index contributed by atoms with van der Waals surface area (Å²) in [5, 5.41) is 0.379. The maximum atomic E-state index is 12.5. The molecule has 0 atom stereocenters. The minimum absolute atomic E-state index is 0.349. The van der Waals surface area contributed by atoms with E-state index < -0.39 is 11.7 Å². The van der Waals surface area contributed by atoms with Gasteiger partial charge in [-0.1, -0.05) is 24.0 Å². The molecule has 2 nitrogen and oxygen atoms in total. The van der Waals surface area contributed by atoms with E-state index in [1.807, 2.05) is 6.26 Å². The van der Waals surface area contributed by atoms with Crippen molar-refractivity contribution in [2.75, 3.05) is 19.5 Å². The monoisotopic (exact) mass is 356 g/mol. The van der Waals surface area contributed by atoms with Crippen molar-refractivity contribution < 1.29 is 22.6 Å². The van der Waals surface area contributed by atoms with Crippen LogP contribution in [0.15, 0.2) is 36.4 Å². The van der Waals surface area contributed by atoms with E-state index in [0.29, 0.717) is 31.3 Å². The van der Waals surface area contributed by atoms with Gasteiger partial charge in [-0.2, -0.15) is 24.9 Å². The van der Waals surface area contributed by atoms with Crippen LogP contribution in [0.4, 0.5) is 13.2 Å². The fourth-order valence-electron chi connectivity index (χ4n) is 2.07. The van der Waals surface area contributed by atoms with Gasteiger partial charge in [0.15, 0.2) is 6.29 Å². The Labute approximate surface area is 144 Å². The summed E-state index contributed by atoms with van der Waals surface area (Å²) in [5.74, 6) is 5.85. The van der Waals surface area contributed by atoms with Gasteiger partial charge in [-0.15, -0.1) is 0 Å². The van der Waals surface area contributed by atoms with Crippen LogP contribution in [0.25, 0.3) is 0 Å². The standard InChI is InChI=1S/C18H19F3O2S/c1-24-16-12-22-17(23-13-16)7-5-3-2-4-6-14-8-10-15(11-9-14)18(19,20)21/h5,7-11,16-17H,4,6,12-13H2,1H3. The normalized spacial score (nSPS) is 21.5. The molecule has 0 unspecified atom stereocenters. The maximum Gasteiger partial charge on any atom is 0.416 e. The van der Waals surface area contributed by atoms with Gasteiger partial charge in [0, 0.05) is 6.42 Å². The summed E-state index contributed by atoms with van der Waals surface area (Å²) >= 11 is 1.72. The van der Waals surface area contributed by atoms with Gasteiger partial charge in [-0.25, -0.2) is 0 Å². The second-order valence-electron chi connectivity index (χ2n) is 5.27. The molecule has 0 radical (unpaired) electrons. The molecular weight excluding hydrogens is 337 g/mol. The molecule has 0 bridgehead atoms. The Hall–Kier alpha value is -1.42. The molecule has 1 saturated heterocycles. The summed E-state index contributed by atoms with van der Waals surface area (Å²) in [6.45, 7) is 1.33. The van der Waals surface area contributed by atoms with E-state index in [0.717, 1.165) is 17.7 Å². The van der Waals surface area contributed by atoms with Crippen molar-refractivity contribution in [2.24, 2.45) is 0 Å². The van der Waals surface area contributed by atoms with E-state index in [1.54, 1.807) is 23.9 Å². The molecule has 0 N–H and O–H groups in total. The van der Waals surface area contributed by atoms with Crippen LogP contribution in [0.3, 0.4) is 0 Å². The highest BCUT2D eigenvalue weighted by atomic mass is 32.2. The van der Waals surface area contributed by atoms with Crippen molar-refractivity contribution in [2.45, 2.75) is 30.6 Å². The molecule has 1 aliphatic heterocycles. The SMILES string of the molecule is CSC1COC(C=CC#CCCc2ccc(C(F)(F)F)cc2)OC1. The molecule has 2 rings (SSSR count). The highest BCUT2D eigenvalue weighted by Crippen LogP contribution is 2.29. The van der Waals surface area contributed by atoms with E-state index in [9.17, 15) is 13.2 Å². The molecule has 1 fully saturated rings. The lowest BCUT2D eigenvalue weighted by molar-refractivity contribution is -0.146. The quantitative estimate of drug-likeness (QED) is 0.750. The summed E-state index contributed by atoms with van der Waals surface area (Å²) in [5.41, 5.74) is 0.208. The Morgan fingerprint density at radius 2 is 1.88 bits per heavy atom. The summed E-state index contributed by atoms with van der Waals surface area (Å²) in [4.78, 5) is 0. The number of benzene rings is 1. The molecule has 0 aliphatic carbocycles. The fourth-order valence-corrected chi connectivity index (χ4v) is 2.50. The van der Waals surface area contributed by atoms with Crippen LogP contribution < -0.4 is 0 Å². The Bertz CT molecular complexity index is 591. The smallest absolute Gasteiger partial charge is 0.348 e. The first-order chi connectivity index (χ1) is 11.5. The lowest BCUT2D eigenvalue weighted by Crippen LogP contribution is -2.32. The zero-order valence-corrected chi connectivity index (χ0v) is 14.1. The Kier molecular flexibility index (Phi) is 7.22. The molecule has 24 heavy (non-hydrogen) atoms. The average Bonchev–Trinajstić information content (AvgIpc) is 2.58. The first-order valence-electron chi connectivity index (χ1n) is 7.56. The molecule has 6 heteroatoms. The lowest BCUT2D eigenvalue weighted by atomic mass is 10.1. The molecule has 1 heterocycles. The summed E-state index contributed by atoms with van der Waals surface area (Å²) in [7, 11) is 0. The van der Waals surface area contributed by atoms with Crippen LogP contribution in [0.5, 0.6) is 0 Å². The molecule has 1 aliphatic rings. The topological polar surface area (TPSA) is 18.5 Å². The van der Waals surface area contributed by atoms with E-state index in [1.165, 1.54) is 12.1 Å². The van der Waals surface area contributed by atoms with Crippen molar-refractivity contribution in [3.05, 3.63) is 47.5 Å². The highest BCUT2D eigenvalue weighted by molar-refractivity contribution is 7.99. The summed E-state index contributed by atoms with van der Waals surface area (Å²) < 4.78 is 48.4. The third-order valence-corrected chi connectivity index (χ3v) is 4.42. The maximum absolute atomic E-state index is 12.5. The highest BCUT2D eigenvalue weighted by Gasteiger charge is 2.29. The number of halogens is 3. The van der Waals surface area contributed by atoms with E-state index in [-0.39, 0.29) is 6.29 Å². The molecule has 130 valence electrons. The van der Waals surface area contributed by atoms with Crippen LogP contribution in [0.1, 0.15) is 17.5 Å². The second kappa shape index (κ2) is 9.16. The van der Waals surface area contributed by atoms with Crippen LogP contribution in [0.2, 0.25) is 0 Å². The number of hydrogen-bond donors (Lipinski definition) is 0. The molecule has 0 aromatic heterocycles. The van der Waals surface area contributed by atoms with Gasteiger partial charge in [0.1, 0.15) is 0 Å². The molecule has 1 aromatic carbocycles. The number of ether oxygens (including phenoxy) is 2. The van der Waals surface area contributed by atoms with Gasteiger partial charge in [0.2, 0.25) is 0 Å². The van der Waals surface area contributed by atoms with Gasteiger partial charge < -0.3 is 9.47 Å². The zero-order chi connectivity index (χ0) is 17.4. The lowest BCUT2D eigenvalue weighted by Gasteiger charge is -2.26. The number of thioether (sulfide) groups is 1. The van der Waals surface area contributed by atoms with Crippen molar-refractivity contribution in [1.82, 2.24) is 0 Å². The van der Waals surface area contributed by atoms with Gasteiger partial charge in [0.05, 0.1) is 24.0 Å². The first kappa shape index (κ1) is 18.9. The molecule has 0 saturated carbocycles.